The first-order chi connectivity index (χ1) is 7.98. The van der Waals surface area contributed by atoms with E-state index in [1.165, 1.54) is 11.1 Å². The van der Waals surface area contributed by atoms with Crippen molar-refractivity contribution in [2.45, 2.75) is 26.2 Å². The minimum atomic E-state index is 0.170. The first-order valence-electron chi connectivity index (χ1n) is 5.81. The van der Waals surface area contributed by atoms with Gasteiger partial charge < -0.3 is 4.90 Å². The van der Waals surface area contributed by atoms with Crippen molar-refractivity contribution in [2.75, 3.05) is 7.05 Å². The molecule has 0 fully saturated rings. The van der Waals surface area contributed by atoms with Gasteiger partial charge in [-0.25, -0.2) is 4.99 Å². The summed E-state index contributed by atoms with van der Waals surface area (Å²) < 4.78 is 0. The molecule has 0 spiro atoms. The Bertz CT molecular complexity index is 512. The maximum absolute atomic E-state index is 4.07. The summed E-state index contributed by atoms with van der Waals surface area (Å²) in [5, 5.41) is 0. The standard InChI is InChI=1S/C15H18N2/c1-15(2,3)13-7-5-6-12(10-13)14-11-16-8-9-17(14)4/h5-7,9-11H,1-4H3. The van der Waals surface area contributed by atoms with Crippen molar-refractivity contribution in [3.63, 3.8) is 0 Å². The van der Waals surface area contributed by atoms with Gasteiger partial charge in [-0.2, -0.15) is 0 Å². The SMILES string of the molecule is CN1C=C=NC=C1c1cccc(C(C)(C)C)c1. The van der Waals surface area contributed by atoms with Crippen LogP contribution in [0.1, 0.15) is 31.9 Å². The van der Waals surface area contributed by atoms with Crippen molar-refractivity contribution in [1.82, 2.24) is 4.90 Å². The van der Waals surface area contributed by atoms with Gasteiger partial charge in [-0.1, -0.05) is 39.0 Å². The molecular weight excluding hydrogens is 208 g/mol. The zero-order chi connectivity index (χ0) is 12.5. The van der Waals surface area contributed by atoms with E-state index in [4.69, 9.17) is 0 Å². The second-order valence-corrected chi connectivity index (χ2v) is 5.34. The normalized spacial score (nSPS) is 15.1. The van der Waals surface area contributed by atoms with Gasteiger partial charge in [0.2, 0.25) is 0 Å². The lowest BCUT2D eigenvalue weighted by atomic mass is 9.86. The second-order valence-electron chi connectivity index (χ2n) is 5.34. The van der Waals surface area contributed by atoms with Crippen molar-refractivity contribution in [2.24, 2.45) is 4.99 Å². The van der Waals surface area contributed by atoms with Crippen LogP contribution in [0.25, 0.3) is 5.70 Å². The molecule has 1 heterocycles. The van der Waals surface area contributed by atoms with Crippen LogP contribution >= 0.6 is 0 Å². The third kappa shape index (κ3) is 2.48. The highest BCUT2D eigenvalue weighted by Gasteiger charge is 2.15. The summed E-state index contributed by atoms with van der Waals surface area (Å²) in [5.74, 6) is 2.83. The Morgan fingerprint density at radius 3 is 2.65 bits per heavy atom. The summed E-state index contributed by atoms with van der Waals surface area (Å²) in [6, 6.07) is 8.63. The summed E-state index contributed by atoms with van der Waals surface area (Å²) in [4.78, 5) is 6.10. The molecule has 1 aliphatic rings. The Hall–Kier alpha value is -1.79. The fraction of sp³-hybridized carbons (Fsp3) is 0.333. The van der Waals surface area contributed by atoms with Gasteiger partial charge in [0.15, 0.2) is 0 Å². The Morgan fingerprint density at radius 2 is 2.00 bits per heavy atom. The van der Waals surface area contributed by atoms with Gasteiger partial charge in [0.05, 0.1) is 18.1 Å². The third-order valence-corrected chi connectivity index (χ3v) is 2.92. The van der Waals surface area contributed by atoms with Crippen molar-refractivity contribution in [1.29, 1.82) is 0 Å². The Kier molecular flexibility index (Phi) is 2.91. The predicted octanol–water partition coefficient (Wildman–Crippen LogP) is 3.41. The smallest absolute Gasteiger partial charge is 0.0676 e. The third-order valence-electron chi connectivity index (χ3n) is 2.92. The van der Waals surface area contributed by atoms with Crippen LogP contribution in [0.3, 0.4) is 0 Å². The van der Waals surface area contributed by atoms with E-state index in [0.29, 0.717) is 0 Å². The van der Waals surface area contributed by atoms with E-state index in [0.717, 1.165) is 5.70 Å². The lowest BCUT2D eigenvalue weighted by molar-refractivity contribution is 0.589. The van der Waals surface area contributed by atoms with Gasteiger partial charge in [-0.05, 0) is 17.0 Å². The number of aliphatic imine (C=N–C) groups is 1. The van der Waals surface area contributed by atoms with E-state index in [1.54, 1.807) is 0 Å². The van der Waals surface area contributed by atoms with Crippen LogP contribution in [0.5, 0.6) is 0 Å². The molecule has 17 heavy (non-hydrogen) atoms. The van der Waals surface area contributed by atoms with E-state index in [1.807, 2.05) is 24.3 Å². The summed E-state index contributed by atoms with van der Waals surface area (Å²) in [5.41, 5.74) is 3.81. The topological polar surface area (TPSA) is 15.6 Å². The van der Waals surface area contributed by atoms with Crippen LogP contribution in [-0.2, 0) is 5.41 Å². The molecule has 0 bridgehead atoms. The maximum Gasteiger partial charge on any atom is 0.0676 e. The fourth-order valence-corrected chi connectivity index (χ4v) is 1.80. The average Bonchev–Trinajstić information content (AvgIpc) is 2.29. The molecule has 0 aromatic heterocycles. The molecule has 0 saturated heterocycles. The van der Waals surface area contributed by atoms with Gasteiger partial charge in [-0.3, -0.25) is 0 Å². The summed E-state index contributed by atoms with van der Waals surface area (Å²) in [6.07, 6.45) is 3.70. The molecular formula is C15H18N2. The molecule has 0 N–H and O–H groups in total. The van der Waals surface area contributed by atoms with Crippen LogP contribution in [0, 0.1) is 0 Å². The molecule has 0 aliphatic carbocycles. The molecule has 1 aromatic rings. The second kappa shape index (κ2) is 4.23. The van der Waals surface area contributed by atoms with Crippen molar-refractivity contribution in [3.8, 4) is 0 Å². The van der Waals surface area contributed by atoms with Crippen molar-refractivity contribution < 1.29 is 0 Å². The van der Waals surface area contributed by atoms with Crippen molar-refractivity contribution >= 4 is 11.6 Å². The van der Waals surface area contributed by atoms with Gasteiger partial charge in [0.1, 0.15) is 0 Å². The summed E-state index contributed by atoms with van der Waals surface area (Å²) in [6.45, 7) is 6.68. The minimum absolute atomic E-state index is 0.170. The number of hydrogen-bond donors (Lipinski definition) is 0. The van der Waals surface area contributed by atoms with Gasteiger partial charge in [0, 0.05) is 18.5 Å². The van der Waals surface area contributed by atoms with Crippen LogP contribution in [0.4, 0.5) is 0 Å². The zero-order valence-corrected chi connectivity index (χ0v) is 10.9. The Balaban J connectivity index is 2.42. The van der Waals surface area contributed by atoms with Crippen LogP contribution in [-0.4, -0.2) is 17.8 Å². The number of benzene rings is 1. The predicted molar refractivity (Wildman–Crippen MR) is 72.9 cm³/mol. The largest absolute Gasteiger partial charge is 0.341 e. The molecule has 0 amide bonds. The molecule has 0 radical (unpaired) electrons. The van der Waals surface area contributed by atoms with E-state index >= 15 is 0 Å². The molecule has 88 valence electrons. The van der Waals surface area contributed by atoms with Gasteiger partial charge in [-0.15, -0.1) is 0 Å². The lowest BCUT2D eigenvalue weighted by Crippen LogP contribution is -2.14. The summed E-state index contributed by atoms with van der Waals surface area (Å²) >= 11 is 0. The number of rotatable bonds is 1. The van der Waals surface area contributed by atoms with E-state index in [9.17, 15) is 0 Å². The number of hydrogen-bond acceptors (Lipinski definition) is 2. The zero-order valence-electron chi connectivity index (χ0n) is 10.9. The van der Waals surface area contributed by atoms with E-state index in [2.05, 4.69) is 55.9 Å². The molecule has 2 rings (SSSR count). The molecule has 1 aliphatic heterocycles. The van der Waals surface area contributed by atoms with Gasteiger partial charge >= 0.3 is 0 Å². The van der Waals surface area contributed by atoms with Crippen LogP contribution in [0.15, 0.2) is 41.7 Å². The number of nitrogens with zero attached hydrogens (tertiary/aromatic N) is 2. The highest BCUT2D eigenvalue weighted by atomic mass is 15.1. The summed E-state index contributed by atoms with van der Waals surface area (Å²) in [7, 11) is 2.01. The maximum atomic E-state index is 4.07. The molecule has 2 heteroatoms. The Morgan fingerprint density at radius 1 is 1.24 bits per heavy atom. The van der Waals surface area contributed by atoms with E-state index in [-0.39, 0.29) is 5.41 Å². The first-order valence-corrected chi connectivity index (χ1v) is 5.81. The highest BCUT2D eigenvalue weighted by Crippen LogP contribution is 2.27. The fourth-order valence-electron chi connectivity index (χ4n) is 1.80. The monoisotopic (exact) mass is 226 g/mol. The molecule has 0 saturated carbocycles. The van der Waals surface area contributed by atoms with E-state index < -0.39 is 0 Å². The highest BCUT2D eigenvalue weighted by molar-refractivity contribution is 5.71. The average molecular weight is 226 g/mol. The van der Waals surface area contributed by atoms with Crippen molar-refractivity contribution in [3.05, 3.63) is 47.8 Å². The molecule has 0 atom stereocenters. The van der Waals surface area contributed by atoms with Crippen LogP contribution < -0.4 is 0 Å². The lowest BCUT2D eigenvalue weighted by Gasteiger charge is -2.23. The first kappa shape index (κ1) is 11.7. The molecule has 1 aromatic carbocycles. The molecule has 0 unspecified atom stereocenters. The van der Waals surface area contributed by atoms with Gasteiger partial charge in [0.25, 0.3) is 0 Å². The minimum Gasteiger partial charge on any atom is -0.341 e. The Labute approximate surface area is 103 Å². The van der Waals surface area contributed by atoms with Crippen LogP contribution in [0.2, 0.25) is 0 Å². The molecule has 2 nitrogen and oxygen atoms in total. The quantitative estimate of drug-likeness (QED) is 0.716.